The maximum absolute atomic E-state index is 12.7. The Morgan fingerprint density at radius 1 is 1.11 bits per heavy atom. The largest absolute Gasteiger partial charge is 0.324 e. The van der Waals surface area contributed by atoms with Gasteiger partial charge in [-0.3, -0.25) is 9.78 Å². The number of benzene rings is 2. The van der Waals surface area contributed by atoms with Crippen LogP contribution < -0.4 is 5.32 Å². The maximum atomic E-state index is 12.7. The summed E-state index contributed by atoms with van der Waals surface area (Å²) in [4.78, 5) is 22.3. The molecule has 0 bridgehead atoms. The molecule has 0 aliphatic carbocycles. The Hall–Kier alpha value is -3.12. The van der Waals surface area contributed by atoms with Crippen LogP contribution in [0.4, 0.5) is 5.69 Å². The summed E-state index contributed by atoms with van der Waals surface area (Å²) in [6.07, 6.45) is 5.37. The van der Waals surface area contributed by atoms with Crippen LogP contribution in [-0.4, -0.2) is 20.4 Å². The van der Waals surface area contributed by atoms with Crippen molar-refractivity contribution in [2.24, 2.45) is 0 Å². The van der Waals surface area contributed by atoms with Gasteiger partial charge in [0.05, 0.1) is 17.4 Å². The molecule has 0 saturated heterocycles. The molecule has 4 rings (SSSR count). The van der Waals surface area contributed by atoms with Gasteiger partial charge in [-0.1, -0.05) is 18.2 Å². The Bertz CT molecular complexity index is 1080. The lowest BCUT2D eigenvalue weighted by Gasteiger charge is -2.15. The summed E-state index contributed by atoms with van der Waals surface area (Å²) < 4.78 is 1.89. The third-order valence-corrected chi connectivity index (χ3v) is 5.61. The van der Waals surface area contributed by atoms with Crippen molar-refractivity contribution in [1.29, 1.82) is 0 Å². The maximum Gasteiger partial charge on any atom is 0.247 e. The zero-order valence-corrected chi connectivity index (χ0v) is 16.3. The molecular weight excluding hydrogens is 368 g/mol. The van der Waals surface area contributed by atoms with E-state index in [-0.39, 0.29) is 11.9 Å². The van der Waals surface area contributed by atoms with Crippen LogP contribution in [0.2, 0.25) is 0 Å². The molecule has 1 amide bonds. The SMILES string of the molecule is C[C@@H](C(=O)Nc1ccc(SCc2cccnc2)cc1)n1cnc2ccccc21. The number of hydrogen-bond acceptors (Lipinski definition) is 4. The van der Waals surface area contributed by atoms with Crippen LogP contribution in [0.25, 0.3) is 11.0 Å². The second-order valence-electron chi connectivity index (χ2n) is 6.48. The van der Waals surface area contributed by atoms with Crippen molar-refractivity contribution in [3.05, 3.63) is 84.9 Å². The number of imidazole rings is 1. The number of rotatable bonds is 6. The topological polar surface area (TPSA) is 59.8 Å². The van der Waals surface area contributed by atoms with Crippen molar-refractivity contribution >= 4 is 34.4 Å². The van der Waals surface area contributed by atoms with Gasteiger partial charge in [0.2, 0.25) is 5.91 Å². The van der Waals surface area contributed by atoms with E-state index in [1.807, 2.05) is 72.3 Å². The molecule has 0 aliphatic heterocycles. The van der Waals surface area contributed by atoms with Crippen LogP contribution in [0.15, 0.2) is 84.3 Å². The fourth-order valence-corrected chi connectivity index (χ4v) is 3.78. The van der Waals surface area contributed by atoms with E-state index in [2.05, 4.69) is 21.4 Å². The lowest BCUT2D eigenvalue weighted by atomic mass is 10.2. The molecule has 0 saturated carbocycles. The van der Waals surface area contributed by atoms with Crippen molar-refractivity contribution in [2.75, 3.05) is 5.32 Å². The van der Waals surface area contributed by atoms with Gasteiger partial charge in [-0.25, -0.2) is 4.98 Å². The molecule has 1 N–H and O–H groups in total. The average Bonchev–Trinajstić information content (AvgIpc) is 3.17. The first kappa shape index (κ1) is 18.3. The van der Waals surface area contributed by atoms with Crippen LogP contribution in [0.1, 0.15) is 18.5 Å². The first-order valence-electron chi connectivity index (χ1n) is 9.05. The lowest BCUT2D eigenvalue weighted by molar-refractivity contribution is -0.118. The van der Waals surface area contributed by atoms with Crippen molar-refractivity contribution in [3.63, 3.8) is 0 Å². The molecular formula is C22H20N4OS. The molecule has 0 spiro atoms. The van der Waals surface area contributed by atoms with Crippen LogP contribution in [-0.2, 0) is 10.5 Å². The molecule has 0 radical (unpaired) electrons. The third kappa shape index (κ3) is 4.07. The molecule has 2 aromatic carbocycles. The van der Waals surface area contributed by atoms with Crippen molar-refractivity contribution in [1.82, 2.24) is 14.5 Å². The van der Waals surface area contributed by atoms with Gasteiger partial charge in [0.1, 0.15) is 6.04 Å². The molecule has 0 unspecified atom stereocenters. The standard InChI is InChI=1S/C22H20N4OS/c1-16(26-15-24-20-6-2-3-7-21(20)26)22(27)25-18-8-10-19(11-9-18)28-14-17-5-4-12-23-13-17/h2-13,15-16H,14H2,1H3,(H,25,27)/t16-/m0/s1. The predicted octanol–water partition coefficient (Wildman–Crippen LogP) is 4.92. The number of pyridine rings is 1. The molecule has 0 fully saturated rings. The number of fused-ring (bicyclic) bond motifs is 1. The first-order chi connectivity index (χ1) is 13.7. The predicted molar refractivity (Wildman–Crippen MR) is 113 cm³/mol. The van der Waals surface area contributed by atoms with E-state index in [1.165, 1.54) is 5.56 Å². The van der Waals surface area contributed by atoms with Gasteiger partial charge in [-0.2, -0.15) is 0 Å². The highest BCUT2D eigenvalue weighted by Crippen LogP contribution is 2.24. The van der Waals surface area contributed by atoms with E-state index in [0.717, 1.165) is 27.4 Å². The number of aromatic nitrogens is 3. The molecule has 6 heteroatoms. The minimum Gasteiger partial charge on any atom is -0.324 e. The summed E-state index contributed by atoms with van der Waals surface area (Å²) in [5, 5.41) is 2.99. The monoisotopic (exact) mass is 388 g/mol. The van der Waals surface area contributed by atoms with Crippen LogP contribution in [0, 0.1) is 0 Å². The summed E-state index contributed by atoms with van der Waals surface area (Å²) in [7, 11) is 0. The van der Waals surface area contributed by atoms with Gasteiger partial charge in [0, 0.05) is 28.7 Å². The summed E-state index contributed by atoms with van der Waals surface area (Å²) >= 11 is 1.74. The van der Waals surface area contributed by atoms with E-state index in [9.17, 15) is 4.79 Å². The zero-order valence-electron chi connectivity index (χ0n) is 15.4. The smallest absolute Gasteiger partial charge is 0.247 e. The molecule has 2 aromatic heterocycles. The average molecular weight is 388 g/mol. The van der Waals surface area contributed by atoms with E-state index >= 15 is 0 Å². The second-order valence-corrected chi connectivity index (χ2v) is 7.53. The van der Waals surface area contributed by atoms with Gasteiger partial charge in [0.15, 0.2) is 0 Å². The zero-order chi connectivity index (χ0) is 19.3. The Labute approximate surface area is 167 Å². The first-order valence-corrected chi connectivity index (χ1v) is 10.0. The summed E-state index contributed by atoms with van der Waals surface area (Å²) in [5.74, 6) is 0.795. The van der Waals surface area contributed by atoms with Crippen molar-refractivity contribution in [2.45, 2.75) is 23.6 Å². The number of nitrogens with zero attached hydrogens (tertiary/aromatic N) is 3. The fourth-order valence-electron chi connectivity index (χ4n) is 2.94. The highest BCUT2D eigenvalue weighted by molar-refractivity contribution is 7.98. The van der Waals surface area contributed by atoms with Gasteiger partial charge in [-0.05, 0) is 55.0 Å². The Morgan fingerprint density at radius 3 is 2.71 bits per heavy atom. The number of carbonyl (C=O) groups excluding carboxylic acids is 1. The van der Waals surface area contributed by atoms with Crippen molar-refractivity contribution < 1.29 is 4.79 Å². The molecule has 5 nitrogen and oxygen atoms in total. The molecule has 1 atom stereocenters. The number of amides is 1. The molecule has 2 heterocycles. The second kappa shape index (κ2) is 8.27. The van der Waals surface area contributed by atoms with Crippen molar-refractivity contribution in [3.8, 4) is 0 Å². The minimum absolute atomic E-state index is 0.0704. The van der Waals surface area contributed by atoms with Gasteiger partial charge in [0.25, 0.3) is 0 Å². The third-order valence-electron chi connectivity index (χ3n) is 4.53. The normalized spacial score (nSPS) is 12.0. The van der Waals surface area contributed by atoms with Gasteiger partial charge >= 0.3 is 0 Å². The number of hydrogen-bond donors (Lipinski definition) is 1. The van der Waals surface area contributed by atoms with Crippen LogP contribution in [0.5, 0.6) is 0 Å². The summed E-state index contributed by atoms with van der Waals surface area (Å²) in [6, 6.07) is 19.4. The van der Waals surface area contributed by atoms with Crippen LogP contribution >= 0.6 is 11.8 Å². The number of nitrogens with one attached hydrogen (secondary N) is 1. The minimum atomic E-state index is -0.355. The Morgan fingerprint density at radius 2 is 1.93 bits per heavy atom. The van der Waals surface area contributed by atoms with Crippen LogP contribution in [0.3, 0.4) is 0 Å². The van der Waals surface area contributed by atoms with E-state index in [0.29, 0.717) is 0 Å². The van der Waals surface area contributed by atoms with E-state index in [4.69, 9.17) is 0 Å². The van der Waals surface area contributed by atoms with E-state index < -0.39 is 0 Å². The van der Waals surface area contributed by atoms with Gasteiger partial charge in [-0.15, -0.1) is 11.8 Å². The highest BCUT2D eigenvalue weighted by Gasteiger charge is 2.17. The Kier molecular flexibility index (Phi) is 5.39. The molecule has 0 aliphatic rings. The quantitative estimate of drug-likeness (QED) is 0.476. The summed E-state index contributed by atoms with van der Waals surface area (Å²) in [6.45, 7) is 1.88. The molecule has 28 heavy (non-hydrogen) atoms. The fraction of sp³-hybridized carbons (Fsp3) is 0.136. The number of carbonyl (C=O) groups is 1. The Balaban J connectivity index is 1.39. The van der Waals surface area contributed by atoms with Gasteiger partial charge < -0.3 is 9.88 Å². The lowest BCUT2D eigenvalue weighted by Crippen LogP contribution is -2.23. The highest BCUT2D eigenvalue weighted by atomic mass is 32.2. The molecule has 4 aromatic rings. The number of thioether (sulfide) groups is 1. The molecule has 140 valence electrons. The number of para-hydroxylation sites is 2. The van der Waals surface area contributed by atoms with E-state index in [1.54, 1.807) is 24.3 Å². The summed E-state index contributed by atoms with van der Waals surface area (Å²) in [5.41, 5.74) is 3.81. The number of anilines is 1.